The number of rotatable bonds is 9. The van der Waals surface area contributed by atoms with Crippen LogP contribution in [-0.4, -0.2) is 43.3 Å². The molecule has 0 saturated carbocycles. The highest BCUT2D eigenvalue weighted by Crippen LogP contribution is 2.46. The monoisotopic (exact) mass is 497 g/mol. The molecule has 3 heterocycles. The van der Waals surface area contributed by atoms with E-state index >= 15 is 0 Å². The van der Waals surface area contributed by atoms with Gasteiger partial charge in [0.1, 0.15) is 5.76 Å². The number of aliphatic imine (C=N–C) groups is 1. The number of nitrogens with zero attached hydrogens (tertiary/aromatic N) is 2. The molecule has 2 aliphatic rings. The number of hydrogen-bond acceptors (Lipinski definition) is 9. The van der Waals surface area contributed by atoms with Crippen molar-refractivity contribution in [3.63, 3.8) is 0 Å². The summed E-state index contributed by atoms with van der Waals surface area (Å²) >= 11 is 1.42. The molecule has 184 valence electrons. The van der Waals surface area contributed by atoms with Crippen molar-refractivity contribution in [2.45, 2.75) is 32.4 Å². The van der Waals surface area contributed by atoms with Crippen LogP contribution in [0.3, 0.4) is 0 Å². The summed E-state index contributed by atoms with van der Waals surface area (Å²) in [6.07, 6.45) is 2.21. The predicted molar refractivity (Wildman–Crippen MR) is 132 cm³/mol. The van der Waals surface area contributed by atoms with Crippen molar-refractivity contribution in [1.29, 1.82) is 0 Å². The Bertz CT molecular complexity index is 1200. The first kappa shape index (κ1) is 24.5. The second-order valence-electron chi connectivity index (χ2n) is 7.75. The van der Waals surface area contributed by atoms with Gasteiger partial charge in [0.2, 0.25) is 5.91 Å². The predicted octanol–water partition coefficient (Wildman–Crippen LogP) is 4.14. The van der Waals surface area contributed by atoms with Crippen LogP contribution >= 0.6 is 11.8 Å². The quantitative estimate of drug-likeness (QED) is 0.516. The maximum absolute atomic E-state index is 13.0. The lowest BCUT2D eigenvalue weighted by atomic mass is 9.92. The number of ether oxygens (including phenoxy) is 3. The van der Waals surface area contributed by atoms with Crippen LogP contribution in [0, 0.1) is 0 Å². The molecule has 2 aliphatic heterocycles. The molecule has 1 aromatic carbocycles. The van der Waals surface area contributed by atoms with Gasteiger partial charge in [0.15, 0.2) is 16.7 Å². The standard InChI is InChI=1S/C25H27N3O6S/c1-5-18-22(24(30)33-4)23(15-8-9-19(31-2)20(11-15)32-3)28-16(14-35-25(28)27-18)12-21(29)26-13-17-7-6-10-34-17/h6-11,14,23H,5,12-13H2,1-4H3,(H,26,29). The van der Waals surface area contributed by atoms with Crippen LogP contribution < -0.4 is 14.8 Å². The summed E-state index contributed by atoms with van der Waals surface area (Å²) in [7, 11) is 4.48. The average molecular weight is 498 g/mol. The molecule has 0 bridgehead atoms. The Morgan fingerprint density at radius 2 is 1.97 bits per heavy atom. The first-order chi connectivity index (χ1) is 17.0. The number of benzene rings is 1. The third-order valence-corrected chi connectivity index (χ3v) is 6.62. The van der Waals surface area contributed by atoms with Crippen LogP contribution in [0.1, 0.15) is 37.1 Å². The van der Waals surface area contributed by atoms with Crippen molar-refractivity contribution < 1.29 is 28.2 Å². The number of carbonyl (C=O) groups is 2. The Morgan fingerprint density at radius 3 is 2.63 bits per heavy atom. The van der Waals surface area contributed by atoms with Crippen molar-refractivity contribution in [1.82, 2.24) is 10.2 Å². The Kier molecular flexibility index (Phi) is 7.50. The highest BCUT2D eigenvalue weighted by atomic mass is 32.2. The summed E-state index contributed by atoms with van der Waals surface area (Å²) in [5.41, 5.74) is 2.58. The smallest absolute Gasteiger partial charge is 0.338 e. The van der Waals surface area contributed by atoms with Gasteiger partial charge < -0.3 is 28.8 Å². The number of allylic oxidation sites excluding steroid dienone is 1. The summed E-state index contributed by atoms with van der Waals surface area (Å²) in [5, 5.41) is 5.46. The van der Waals surface area contributed by atoms with Gasteiger partial charge in [0.25, 0.3) is 0 Å². The number of furan rings is 1. The topological polar surface area (TPSA) is 103 Å². The highest BCUT2D eigenvalue weighted by molar-refractivity contribution is 8.16. The van der Waals surface area contributed by atoms with Gasteiger partial charge in [-0.3, -0.25) is 4.79 Å². The molecule has 1 aromatic heterocycles. The van der Waals surface area contributed by atoms with E-state index in [9.17, 15) is 9.59 Å². The zero-order chi connectivity index (χ0) is 24.9. The van der Waals surface area contributed by atoms with Gasteiger partial charge in [-0.2, -0.15) is 0 Å². The molecule has 4 rings (SSSR count). The van der Waals surface area contributed by atoms with Crippen LogP contribution in [0.15, 0.2) is 68.4 Å². The SMILES string of the molecule is CCC1=C(C(=O)OC)C(c2ccc(OC)c(OC)c2)N2C(CC(=O)NCc3ccco3)=CSC2=N1. The van der Waals surface area contributed by atoms with E-state index < -0.39 is 12.0 Å². The molecule has 10 heteroatoms. The molecule has 0 aliphatic carbocycles. The zero-order valence-corrected chi connectivity index (χ0v) is 20.8. The fourth-order valence-electron chi connectivity index (χ4n) is 4.08. The Balaban J connectivity index is 1.70. The van der Waals surface area contributed by atoms with Crippen molar-refractivity contribution in [2.75, 3.05) is 21.3 Å². The highest BCUT2D eigenvalue weighted by Gasteiger charge is 2.41. The van der Waals surface area contributed by atoms with Gasteiger partial charge >= 0.3 is 5.97 Å². The number of nitrogens with one attached hydrogen (secondary N) is 1. The fourth-order valence-corrected chi connectivity index (χ4v) is 5.01. The van der Waals surface area contributed by atoms with E-state index in [0.717, 1.165) is 11.3 Å². The first-order valence-corrected chi connectivity index (χ1v) is 11.9. The van der Waals surface area contributed by atoms with Crippen LogP contribution in [0.25, 0.3) is 0 Å². The molecule has 1 amide bonds. The second-order valence-corrected chi connectivity index (χ2v) is 8.58. The fraction of sp³-hybridized carbons (Fsp3) is 0.320. The maximum Gasteiger partial charge on any atom is 0.338 e. The number of amides is 1. The molecule has 0 fully saturated rings. The maximum atomic E-state index is 13.0. The molecule has 1 unspecified atom stereocenters. The van der Waals surface area contributed by atoms with Gasteiger partial charge in [-0.1, -0.05) is 24.8 Å². The summed E-state index contributed by atoms with van der Waals surface area (Å²) in [6.45, 7) is 2.24. The number of carbonyl (C=O) groups excluding carboxylic acids is 2. The van der Waals surface area contributed by atoms with Crippen LogP contribution in [-0.2, 0) is 20.9 Å². The second kappa shape index (κ2) is 10.7. The van der Waals surface area contributed by atoms with Gasteiger partial charge in [0, 0.05) is 5.70 Å². The molecule has 9 nitrogen and oxygen atoms in total. The number of thioether (sulfide) groups is 1. The van der Waals surface area contributed by atoms with Gasteiger partial charge in [-0.05, 0) is 41.7 Å². The molecule has 35 heavy (non-hydrogen) atoms. The average Bonchev–Trinajstić information content (AvgIpc) is 3.55. The Morgan fingerprint density at radius 1 is 1.17 bits per heavy atom. The summed E-state index contributed by atoms with van der Waals surface area (Å²) < 4.78 is 21.4. The molecular weight excluding hydrogens is 470 g/mol. The molecule has 0 spiro atoms. The van der Waals surface area contributed by atoms with Gasteiger partial charge in [0.05, 0.1) is 57.9 Å². The minimum atomic E-state index is -0.552. The van der Waals surface area contributed by atoms with E-state index in [-0.39, 0.29) is 12.3 Å². The van der Waals surface area contributed by atoms with Crippen molar-refractivity contribution in [3.05, 3.63) is 70.3 Å². The van der Waals surface area contributed by atoms with E-state index in [1.807, 2.05) is 29.4 Å². The Labute approximate surface area is 207 Å². The first-order valence-electron chi connectivity index (χ1n) is 11.1. The number of hydrogen-bond donors (Lipinski definition) is 1. The normalized spacial score (nSPS) is 16.9. The van der Waals surface area contributed by atoms with Crippen LogP contribution in [0.4, 0.5) is 0 Å². The minimum Gasteiger partial charge on any atom is -0.493 e. The minimum absolute atomic E-state index is 0.104. The number of fused-ring (bicyclic) bond motifs is 1. The van der Waals surface area contributed by atoms with Gasteiger partial charge in [-0.15, -0.1) is 0 Å². The van der Waals surface area contributed by atoms with Crippen molar-refractivity contribution >= 4 is 28.8 Å². The van der Waals surface area contributed by atoms with Crippen LogP contribution in [0.2, 0.25) is 0 Å². The van der Waals surface area contributed by atoms with Crippen molar-refractivity contribution in [2.24, 2.45) is 4.99 Å². The van der Waals surface area contributed by atoms with E-state index in [0.29, 0.717) is 46.7 Å². The molecule has 1 atom stereocenters. The lowest BCUT2D eigenvalue weighted by molar-refractivity contribution is -0.136. The molecule has 0 radical (unpaired) electrons. The van der Waals surface area contributed by atoms with Crippen molar-refractivity contribution in [3.8, 4) is 11.5 Å². The molecule has 2 aromatic rings. The summed E-state index contributed by atoms with van der Waals surface area (Å²) in [6, 6.07) is 8.52. The zero-order valence-electron chi connectivity index (χ0n) is 20.0. The van der Waals surface area contributed by atoms with Gasteiger partial charge in [-0.25, -0.2) is 9.79 Å². The van der Waals surface area contributed by atoms with E-state index in [1.54, 1.807) is 38.7 Å². The third-order valence-electron chi connectivity index (χ3n) is 5.73. The Hall–Kier alpha value is -3.66. The lowest BCUT2D eigenvalue weighted by Gasteiger charge is -2.36. The van der Waals surface area contributed by atoms with E-state index in [4.69, 9.17) is 23.6 Å². The van der Waals surface area contributed by atoms with Crippen LogP contribution in [0.5, 0.6) is 11.5 Å². The third kappa shape index (κ3) is 4.93. The summed E-state index contributed by atoms with van der Waals surface area (Å²) in [5.74, 6) is 1.13. The number of esters is 1. The van der Waals surface area contributed by atoms with E-state index in [1.165, 1.54) is 18.9 Å². The molecular formula is C25H27N3O6S. The number of amidine groups is 1. The lowest BCUT2D eigenvalue weighted by Crippen LogP contribution is -2.38. The number of methoxy groups -OCH3 is 3. The molecule has 1 N–H and O–H groups in total. The van der Waals surface area contributed by atoms with E-state index in [2.05, 4.69) is 5.32 Å². The largest absolute Gasteiger partial charge is 0.493 e. The molecule has 0 saturated heterocycles. The summed E-state index contributed by atoms with van der Waals surface area (Å²) in [4.78, 5) is 32.4.